The monoisotopic (exact) mass is 251 g/mol. The molecule has 98 valence electrons. The molecule has 0 aromatic rings. The fraction of sp³-hybridized carbons (Fsp3) is 0.733. The maximum absolute atomic E-state index is 3.85. The molecule has 0 aliphatic heterocycles. The van der Waals surface area contributed by atoms with Gasteiger partial charge in [-0.25, -0.2) is 0 Å². The molecular formula is C15H29NSi. The third-order valence-corrected chi connectivity index (χ3v) is 6.66. The minimum Gasteiger partial charge on any atom is -0.332 e. The smallest absolute Gasteiger partial charge is 0.130 e. The van der Waals surface area contributed by atoms with Crippen LogP contribution in [0, 0.1) is 5.41 Å². The Labute approximate surface area is 108 Å². The third kappa shape index (κ3) is 4.11. The van der Waals surface area contributed by atoms with E-state index in [9.17, 15) is 0 Å². The average molecular weight is 251 g/mol. The summed E-state index contributed by atoms with van der Waals surface area (Å²) in [6.07, 6.45) is 7.19. The molecule has 0 aromatic heterocycles. The topological polar surface area (TPSA) is 12.0 Å². The molecule has 0 saturated heterocycles. The van der Waals surface area contributed by atoms with Crippen molar-refractivity contribution in [1.29, 1.82) is 0 Å². The quantitative estimate of drug-likeness (QED) is 0.713. The van der Waals surface area contributed by atoms with Gasteiger partial charge >= 0.3 is 0 Å². The van der Waals surface area contributed by atoms with Gasteiger partial charge in [-0.1, -0.05) is 52.1 Å². The Kier molecular flexibility index (Phi) is 3.81. The van der Waals surface area contributed by atoms with Crippen molar-refractivity contribution in [3.8, 4) is 0 Å². The minimum absolute atomic E-state index is 0.210. The largest absolute Gasteiger partial charge is 0.332 e. The zero-order valence-electron chi connectivity index (χ0n) is 12.8. The van der Waals surface area contributed by atoms with Gasteiger partial charge in [0, 0.05) is 11.1 Å². The van der Waals surface area contributed by atoms with Crippen LogP contribution in [0.1, 0.15) is 41.5 Å². The van der Waals surface area contributed by atoms with Gasteiger partial charge in [-0.3, -0.25) is 0 Å². The lowest BCUT2D eigenvalue weighted by Gasteiger charge is -2.36. The Morgan fingerprint density at radius 1 is 1.06 bits per heavy atom. The molecule has 2 heteroatoms. The Balaban J connectivity index is 2.84. The Bertz CT molecular complexity index is 337. The maximum atomic E-state index is 3.85. The van der Waals surface area contributed by atoms with Crippen LogP contribution in [-0.4, -0.2) is 13.8 Å². The Hall–Kier alpha value is -0.343. The molecule has 0 saturated carbocycles. The second-order valence-electron chi connectivity index (χ2n) is 7.85. The van der Waals surface area contributed by atoms with Crippen molar-refractivity contribution in [2.75, 3.05) is 0 Å². The molecule has 0 heterocycles. The van der Waals surface area contributed by atoms with Gasteiger partial charge in [0.25, 0.3) is 0 Å². The zero-order chi connectivity index (χ0) is 13.5. The van der Waals surface area contributed by atoms with Gasteiger partial charge in [0.15, 0.2) is 0 Å². The summed E-state index contributed by atoms with van der Waals surface area (Å²) in [5.74, 6) is 0. The molecule has 0 bridgehead atoms. The highest BCUT2D eigenvalue weighted by molar-refractivity contribution is 6.77. The summed E-state index contributed by atoms with van der Waals surface area (Å²) in [4.78, 5) is 3.85. The van der Waals surface area contributed by atoms with Crippen LogP contribution in [0.15, 0.2) is 23.8 Å². The summed E-state index contributed by atoms with van der Waals surface area (Å²) >= 11 is 0. The first-order chi connectivity index (χ1) is 7.42. The molecule has 0 amide bonds. The molecular weight excluding hydrogens is 222 g/mol. The molecule has 0 aromatic carbocycles. The van der Waals surface area contributed by atoms with Crippen molar-refractivity contribution in [2.24, 2.45) is 5.41 Å². The van der Waals surface area contributed by atoms with Crippen LogP contribution >= 0.6 is 0 Å². The van der Waals surface area contributed by atoms with Crippen LogP contribution in [0.25, 0.3) is 0 Å². The number of nitrogens with one attached hydrogen (secondary N) is 1. The molecule has 1 unspecified atom stereocenters. The predicted molar refractivity (Wildman–Crippen MR) is 80.8 cm³/mol. The van der Waals surface area contributed by atoms with E-state index in [0.29, 0.717) is 5.54 Å². The molecule has 17 heavy (non-hydrogen) atoms. The van der Waals surface area contributed by atoms with Gasteiger partial charge in [0.1, 0.15) is 8.24 Å². The highest BCUT2D eigenvalue weighted by Crippen LogP contribution is 2.38. The van der Waals surface area contributed by atoms with Crippen molar-refractivity contribution >= 4 is 8.24 Å². The SMILES string of the molecule is CC(C)(C)N[Si](C)(C)C1C=CC(C(C)(C)C)=C1. The van der Waals surface area contributed by atoms with E-state index >= 15 is 0 Å². The predicted octanol–water partition coefficient (Wildman–Crippen LogP) is 4.49. The van der Waals surface area contributed by atoms with Crippen molar-refractivity contribution < 1.29 is 0 Å². The number of allylic oxidation sites excluding steroid dienone is 4. The van der Waals surface area contributed by atoms with Crippen LogP contribution < -0.4 is 4.98 Å². The summed E-state index contributed by atoms with van der Waals surface area (Å²) in [5.41, 5.74) is 2.59. The van der Waals surface area contributed by atoms with E-state index < -0.39 is 8.24 Å². The lowest BCUT2D eigenvalue weighted by Crippen LogP contribution is -2.56. The standard InChI is InChI=1S/C15H29NSi/c1-14(2,3)12-9-10-13(11-12)17(7,8)16-15(4,5)6/h9-11,13,16H,1-8H3. The highest BCUT2D eigenvalue weighted by atomic mass is 28.3. The number of rotatable bonds is 2. The first-order valence-electron chi connectivity index (χ1n) is 6.62. The summed E-state index contributed by atoms with van der Waals surface area (Å²) in [7, 11) is -1.44. The summed E-state index contributed by atoms with van der Waals surface area (Å²) in [5, 5.41) is 0. The molecule has 0 radical (unpaired) electrons. The summed E-state index contributed by atoms with van der Waals surface area (Å²) < 4.78 is 0. The van der Waals surface area contributed by atoms with E-state index in [-0.39, 0.29) is 11.0 Å². The fourth-order valence-corrected chi connectivity index (χ4v) is 5.78. The highest BCUT2D eigenvalue weighted by Gasteiger charge is 2.35. The molecule has 1 N–H and O–H groups in total. The minimum atomic E-state index is -1.44. The van der Waals surface area contributed by atoms with Crippen LogP contribution in [0.2, 0.25) is 18.6 Å². The molecule has 1 aliphatic carbocycles. The molecule has 1 aliphatic rings. The van der Waals surface area contributed by atoms with Gasteiger partial charge in [-0.05, 0) is 31.8 Å². The van der Waals surface area contributed by atoms with Gasteiger partial charge in [-0.2, -0.15) is 0 Å². The molecule has 0 spiro atoms. The fourth-order valence-electron chi connectivity index (χ4n) is 2.51. The van der Waals surface area contributed by atoms with Gasteiger partial charge in [0.2, 0.25) is 0 Å². The van der Waals surface area contributed by atoms with Gasteiger partial charge in [-0.15, -0.1) is 0 Å². The molecule has 1 nitrogen and oxygen atoms in total. The normalized spacial score (nSPS) is 21.9. The van der Waals surface area contributed by atoms with Gasteiger partial charge < -0.3 is 4.98 Å². The van der Waals surface area contributed by atoms with Crippen LogP contribution in [0.5, 0.6) is 0 Å². The molecule has 1 rings (SSSR count). The maximum Gasteiger partial charge on any atom is 0.130 e. The zero-order valence-corrected chi connectivity index (χ0v) is 13.8. The van der Waals surface area contributed by atoms with Crippen molar-refractivity contribution in [3.05, 3.63) is 23.8 Å². The van der Waals surface area contributed by atoms with E-state index in [1.807, 2.05) is 0 Å². The second kappa shape index (κ2) is 4.40. The van der Waals surface area contributed by atoms with E-state index in [2.05, 4.69) is 77.8 Å². The van der Waals surface area contributed by atoms with Crippen molar-refractivity contribution in [2.45, 2.75) is 65.7 Å². The van der Waals surface area contributed by atoms with Crippen LogP contribution in [0.4, 0.5) is 0 Å². The molecule has 1 atom stereocenters. The first-order valence-corrected chi connectivity index (χ1v) is 9.69. The summed E-state index contributed by atoms with van der Waals surface area (Å²) in [6, 6.07) is 0. The van der Waals surface area contributed by atoms with Crippen molar-refractivity contribution in [1.82, 2.24) is 4.98 Å². The lowest BCUT2D eigenvalue weighted by atomic mass is 9.87. The van der Waals surface area contributed by atoms with Gasteiger partial charge in [0.05, 0.1) is 0 Å². The van der Waals surface area contributed by atoms with Crippen molar-refractivity contribution in [3.63, 3.8) is 0 Å². The lowest BCUT2D eigenvalue weighted by molar-refractivity contribution is 0.509. The van der Waals surface area contributed by atoms with E-state index in [4.69, 9.17) is 0 Å². The third-order valence-electron chi connectivity index (χ3n) is 3.24. The number of hydrogen-bond donors (Lipinski definition) is 1. The molecule has 0 fully saturated rings. The summed E-state index contributed by atoms with van der Waals surface area (Å²) in [6.45, 7) is 18.5. The van der Waals surface area contributed by atoms with Crippen LogP contribution in [-0.2, 0) is 0 Å². The van der Waals surface area contributed by atoms with E-state index in [1.165, 1.54) is 5.57 Å². The van der Waals surface area contributed by atoms with E-state index in [1.54, 1.807) is 0 Å². The van der Waals surface area contributed by atoms with E-state index in [0.717, 1.165) is 0 Å². The second-order valence-corrected chi connectivity index (χ2v) is 12.2. The van der Waals surface area contributed by atoms with Crippen LogP contribution in [0.3, 0.4) is 0 Å². The number of hydrogen-bond acceptors (Lipinski definition) is 1. The average Bonchev–Trinajstić information content (AvgIpc) is 2.44. The Morgan fingerprint density at radius 3 is 1.94 bits per heavy atom. The first kappa shape index (κ1) is 14.7. The Morgan fingerprint density at radius 2 is 1.59 bits per heavy atom.